The summed E-state index contributed by atoms with van der Waals surface area (Å²) < 4.78 is 0. The van der Waals surface area contributed by atoms with Crippen molar-refractivity contribution in [3.63, 3.8) is 0 Å². The van der Waals surface area contributed by atoms with E-state index < -0.39 is 0 Å². The Kier molecular flexibility index (Phi) is 2.31. The van der Waals surface area contributed by atoms with Crippen LogP contribution >= 0.6 is 0 Å². The van der Waals surface area contributed by atoms with Gasteiger partial charge < -0.3 is 5.11 Å². The molecule has 3 fully saturated rings. The zero-order valence-electron chi connectivity index (χ0n) is 8.99. The van der Waals surface area contributed by atoms with E-state index in [0.29, 0.717) is 0 Å². The second-order valence-electron chi connectivity index (χ2n) is 5.91. The van der Waals surface area contributed by atoms with Gasteiger partial charge in [0.05, 0.1) is 6.10 Å². The summed E-state index contributed by atoms with van der Waals surface area (Å²) in [5.41, 5.74) is 0. The Morgan fingerprint density at radius 1 is 0.714 bits per heavy atom. The molecule has 0 spiro atoms. The average Bonchev–Trinajstić information content (AvgIpc) is 2.80. The highest BCUT2D eigenvalue weighted by molar-refractivity contribution is 4.93. The third-order valence-electron chi connectivity index (χ3n) is 5.14. The lowest BCUT2D eigenvalue weighted by molar-refractivity contribution is 0.0776. The third-order valence-corrected chi connectivity index (χ3v) is 5.14. The van der Waals surface area contributed by atoms with Gasteiger partial charge in [0, 0.05) is 0 Å². The lowest BCUT2D eigenvalue weighted by Gasteiger charge is -2.34. The molecule has 1 nitrogen and oxygen atoms in total. The van der Waals surface area contributed by atoms with Crippen molar-refractivity contribution in [3.8, 4) is 0 Å². The van der Waals surface area contributed by atoms with Crippen LogP contribution in [0.5, 0.6) is 0 Å². The van der Waals surface area contributed by atoms with Gasteiger partial charge in [-0.3, -0.25) is 0 Å². The van der Waals surface area contributed by atoms with Crippen LogP contribution < -0.4 is 0 Å². The first-order valence-corrected chi connectivity index (χ1v) is 6.51. The average molecular weight is 194 g/mol. The first kappa shape index (κ1) is 9.21. The maximum atomic E-state index is 9.50. The highest BCUT2D eigenvalue weighted by atomic mass is 16.3. The van der Waals surface area contributed by atoms with Crippen molar-refractivity contribution in [1.29, 1.82) is 0 Å². The van der Waals surface area contributed by atoms with Gasteiger partial charge in [-0.15, -0.1) is 0 Å². The van der Waals surface area contributed by atoms with Gasteiger partial charge >= 0.3 is 0 Å². The molecule has 0 amide bonds. The summed E-state index contributed by atoms with van der Waals surface area (Å²) >= 11 is 0. The van der Waals surface area contributed by atoms with E-state index in [0.717, 1.165) is 36.5 Å². The van der Waals surface area contributed by atoms with Crippen LogP contribution in [0.25, 0.3) is 0 Å². The fourth-order valence-corrected chi connectivity index (χ4v) is 4.40. The fraction of sp³-hybridized carbons (Fsp3) is 1.00. The molecule has 0 aromatic carbocycles. The second kappa shape index (κ2) is 3.52. The van der Waals surface area contributed by atoms with Gasteiger partial charge in [0.1, 0.15) is 0 Å². The molecule has 3 rings (SSSR count). The number of hydrogen-bond acceptors (Lipinski definition) is 1. The van der Waals surface area contributed by atoms with E-state index >= 15 is 0 Å². The predicted molar refractivity (Wildman–Crippen MR) is 56.9 cm³/mol. The molecule has 0 heterocycles. The van der Waals surface area contributed by atoms with Crippen LogP contribution in [-0.2, 0) is 0 Å². The second-order valence-corrected chi connectivity index (χ2v) is 5.91. The largest absolute Gasteiger partial charge is 0.393 e. The molecule has 14 heavy (non-hydrogen) atoms. The number of aliphatic hydroxyl groups is 1. The molecular weight excluding hydrogens is 172 g/mol. The minimum absolute atomic E-state index is 0.0323. The number of fused-ring (bicyclic) bond motifs is 2. The molecule has 3 unspecified atom stereocenters. The standard InChI is InChI=1S/C13H22O/c14-12-5-3-10(4-6-12)13-8-9-1-2-11(13)7-9/h9-14H,1-8H2. The van der Waals surface area contributed by atoms with Gasteiger partial charge in [0.15, 0.2) is 0 Å². The molecule has 3 aliphatic carbocycles. The normalized spacial score (nSPS) is 52.5. The Morgan fingerprint density at radius 2 is 1.43 bits per heavy atom. The summed E-state index contributed by atoms with van der Waals surface area (Å²) in [6.07, 6.45) is 11.0. The van der Waals surface area contributed by atoms with Crippen LogP contribution in [0.3, 0.4) is 0 Å². The monoisotopic (exact) mass is 194 g/mol. The van der Waals surface area contributed by atoms with Crippen LogP contribution in [0.4, 0.5) is 0 Å². The molecule has 3 atom stereocenters. The predicted octanol–water partition coefficient (Wildman–Crippen LogP) is 2.97. The van der Waals surface area contributed by atoms with Crippen molar-refractivity contribution >= 4 is 0 Å². The summed E-state index contributed by atoms with van der Waals surface area (Å²) in [6, 6.07) is 0. The van der Waals surface area contributed by atoms with Gasteiger partial charge in [-0.2, -0.15) is 0 Å². The summed E-state index contributed by atoms with van der Waals surface area (Å²) in [6.45, 7) is 0. The van der Waals surface area contributed by atoms with Crippen LogP contribution in [0, 0.1) is 23.7 Å². The Morgan fingerprint density at radius 3 is 2.00 bits per heavy atom. The molecule has 3 aliphatic rings. The molecule has 0 aromatic heterocycles. The van der Waals surface area contributed by atoms with Crippen molar-refractivity contribution in [3.05, 3.63) is 0 Å². The molecule has 80 valence electrons. The number of rotatable bonds is 1. The number of aliphatic hydroxyl groups excluding tert-OH is 1. The van der Waals surface area contributed by atoms with Gasteiger partial charge in [-0.1, -0.05) is 6.42 Å². The van der Waals surface area contributed by atoms with E-state index in [-0.39, 0.29) is 6.10 Å². The molecule has 3 saturated carbocycles. The maximum Gasteiger partial charge on any atom is 0.0540 e. The highest BCUT2D eigenvalue weighted by Gasteiger charge is 2.43. The molecular formula is C13H22O. The minimum atomic E-state index is 0.0323. The molecule has 0 saturated heterocycles. The zero-order chi connectivity index (χ0) is 9.54. The zero-order valence-corrected chi connectivity index (χ0v) is 8.99. The third kappa shape index (κ3) is 1.50. The minimum Gasteiger partial charge on any atom is -0.393 e. The Hall–Kier alpha value is -0.0400. The maximum absolute atomic E-state index is 9.50. The summed E-state index contributed by atoms with van der Waals surface area (Å²) in [5, 5.41) is 9.50. The van der Waals surface area contributed by atoms with E-state index in [1.54, 1.807) is 6.42 Å². The van der Waals surface area contributed by atoms with Crippen LogP contribution in [0.15, 0.2) is 0 Å². The first-order chi connectivity index (χ1) is 6.83. The van der Waals surface area contributed by atoms with Crippen LogP contribution in [-0.4, -0.2) is 11.2 Å². The van der Waals surface area contributed by atoms with Gasteiger partial charge in [0.2, 0.25) is 0 Å². The van der Waals surface area contributed by atoms with Crippen molar-refractivity contribution in [1.82, 2.24) is 0 Å². The van der Waals surface area contributed by atoms with E-state index in [9.17, 15) is 5.11 Å². The molecule has 0 aliphatic heterocycles. The fourth-order valence-electron chi connectivity index (χ4n) is 4.40. The first-order valence-electron chi connectivity index (χ1n) is 6.51. The van der Waals surface area contributed by atoms with Crippen molar-refractivity contribution in [2.45, 2.75) is 57.5 Å². The summed E-state index contributed by atoms with van der Waals surface area (Å²) in [5.74, 6) is 4.21. The van der Waals surface area contributed by atoms with E-state index in [1.165, 1.54) is 32.1 Å². The Balaban J connectivity index is 1.61. The van der Waals surface area contributed by atoms with E-state index in [2.05, 4.69) is 0 Å². The molecule has 2 bridgehead atoms. The van der Waals surface area contributed by atoms with E-state index in [1.807, 2.05) is 0 Å². The van der Waals surface area contributed by atoms with Crippen LogP contribution in [0.2, 0.25) is 0 Å². The van der Waals surface area contributed by atoms with Crippen molar-refractivity contribution in [2.75, 3.05) is 0 Å². The molecule has 0 radical (unpaired) electrons. The van der Waals surface area contributed by atoms with Gasteiger partial charge in [-0.05, 0) is 68.6 Å². The van der Waals surface area contributed by atoms with Crippen molar-refractivity contribution < 1.29 is 5.11 Å². The van der Waals surface area contributed by atoms with Crippen molar-refractivity contribution in [2.24, 2.45) is 23.7 Å². The van der Waals surface area contributed by atoms with Crippen LogP contribution in [0.1, 0.15) is 51.4 Å². The van der Waals surface area contributed by atoms with E-state index in [4.69, 9.17) is 0 Å². The Bertz CT molecular complexity index is 205. The molecule has 1 N–H and O–H groups in total. The highest BCUT2D eigenvalue weighted by Crippen LogP contribution is 2.53. The lowest BCUT2D eigenvalue weighted by atomic mass is 9.72. The molecule has 1 heteroatoms. The SMILES string of the molecule is OC1CCC(C2CC3CCC2C3)CC1. The van der Waals surface area contributed by atoms with Gasteiger partial charge in [-0.25, -0.2) is 0 Å². The lowest BCUT2D eigenvalue weighted by Crippen LogP contribution is -2.27. The molecule has 0 aromatic rings. The Labute approximate surface area is 86.9 Å². The van der Waals surface area contributed by atoms with Gasteiger partial charge in [0.25, 0.3) is 0 Å². The summed E-state index contributed by atoms with van der Waals surface area (Å²) in [4.78, 5) is 0. The quantitative estimate of drug-likeness (QED) is 0.680. The smallest absolute Gasteiger partial charge is 0.0540 e. The number of hydrogen-bond donors (Lipinski definition) is 1. The summed E-state index contributed by atoms with van der Waals surface area (Å²) in [7, 11) is 0. The topological polar surface area (TPSA) is 20.2 Å².